The van der Waals surface area contributed by atoms with Crippen molar-refractivity contribution in [1.29, 1.82) is 0 Å². The van der Waals surface area contributed by atoms with Crippen LogP contribution in [0.4, 0.5) is 5.69 Å². The lowest BCUT2D eigenvalue weighted by Crippen LogP contribution is -2.02. The standard InChI is InChI=1S/C56H41N3S/c1-35-25-26-41-17-8-9-21-47(41)53(35)55-37(3)54(45-31-32-49-48-22-11-13-24-51(48)60-52(49)34-45)58-56(59-55)42-29-27-39(28-30-42)36(2)46-20-10-12-23-50(46)57-38(4)43-18-14-19-44(33-43)40-15-6-5-7-16-40/h5-34H,2H2,1,3-4H3. The van der Waals surface area contributed by atoms with E-state index in [0.717, 1.165) is 67.3 Å². The first-order valence-corrected chi connectivity index (χ1v) is 21.1. The lowest BCUT2D eigenvalue weighted by atomic mass is 9.93. The highest BCUT2D eigenvalue weighted by molar-refractivity contribution is 7.25. The van der Waals surface area contributed by atoms with Crippen molar-refractivity contribution in [1.82, 2.24) is 9.97 Å². The van der Waals surface area contributed by atoms with Crippen LogP contribution in [-0.2, 0) is 0 Å². The van der Waals surface area contributed by atoms with Crippen LogP contribution in [0.25, 0.3) is 81.5 Å². The van der Waals surface area contributed by atoms with Gasteiger partial charge in [0.2, 0.25) is 0 Å². The molecule has 3 nitrogen and oxygen atoms in total. The van der Waals surface area contributed by atoms with Gasteiger partial charge in [0, 0.05) is 53.7 Å². The van der Waals surface area contributed by atoms with Gasteiger partial charge in [-0.15, -0.1) is 11.3 Å². The molecule has 0 atom stereocenters. The fourth-order valence-corrected chi connectivity index (χ4v) is 9.49. The number of fused-ring (bicyclic) bond motifs is 4. The summed E-state index contributed by atoms with van der Waals surface area (Å²) in [4.78, 5) is 15.9. The monoisotopic (exact) mass is 787 g/mol. The molecule has 2 aromatic heterocycles. The van der Waals surface area contributed by atoms with Crippen molar-refractivity contribution in [2.75, 3.05) is 0 Å². The molecule has 0 spiro atoms. The van der Waals surface area contributed by atoms with Gasteiger partial charge in [-0.25, -0.2) is 9.97 Å². The Kier molecular flexibility index (Phi) is 9.55. The molecule has 0 fully saturated rings. The van der Waals surface area contributed by atoms with E-state index in [4.69, 9.17) is 15.0 Å². The number of aromatic nitrogens is 2. The van der Waals surface area contributed by atoms with Gasteiger partial charge in [0.15, 0.2) is 5.82 Å². The second kappa shape index (κ2) is 15.5. The Labute approximate surface area is 354 Å². The lowest BCUT2D eigenvalue weighted by molar-refractivity contribution is 1.15. The number of thiophene rings is 1. The van der Waals surface area contributed by atoms with Crippen molar-refractivity contribution in [3.63, 3.8) is 0 Å². The van der Waals surface area contributed by atoms with Gasteiger partial charge in [-0.2, -0.15) is 0 Å². The molecular formula is C56H41N3S. The fraction of sp³-hybridized carbons (Fsp3) is 0.0536. The molecule has 0 saturated heterocycles. The zero-order chi connectivity index (χ0) is 40.7. The molecule has 4 heteroatoms. The highest BCUT2D eigenvalue weighted by Crippen LogP contribution is 2.41. The highest BCUT2D eigenvalue weighted by atomic mass is 32.1. The highest BCUT2D eigenvalue weighted by Gasteiger charge is 2.20. The number of hydrogen-bond donors (Lipinski definition) is 0. The molecule has 0 amide bonds. The van der Waals surface area contributed by atoms with Crippen LogP contribution in [-0.4, -0.2) is 15.7 Å². The largest absolute Gasteiger partial charge is 0.252 e. The van der Waals surface area contributed by atoms with Gasteiger partial charge in [-0.3, -0.25) is 4.99 Å². The van der Waals surface area contributed by atoms with E-state index in [-0.39, 0.29) is 0 Å². The molecule has 0 saturated carbocycles. The van der Waals surface area contributed by atoms with E-state index < -0.39 is 0 Å². The molecule has 0 aliphatic heterocycles. The van der Waals surface area contributed by atoms with E-state index in [1.807, 2.05) is 29.5 Å². The van der Waals surface area contributed by atoms with Crippen LogP contribution in [0.1, 0.15) is 34.7 Å². The maximum absolute atomic E-state index is 5.39. The molecule has 2 heterocycles. The minimum Gasteiger partial charge on any atom is -0.252 e. The number of hydrogen-bond acceptors (Lipinski definition) is 4. The third kappa shape index (κ3) is 6.81. The molecule has 0 radical (unpaired) electrons. The summed E-state index contributed by atoms with van der Waals surface area (Å²) in [6.07, 6.45) is 0. The Morgan fingerprint density at radius 3 is 2.05 bits per heavy atom. The third-order valence-corrected chi connectivity index (χ3v) is 12.7. The van der Waals surface area contributed by atoms with Crippen molar-refractivity contribution in [3.8, 4) is 45.0 Å². The van der Waals surface area contributed by atoms with Crippen LogP contribution in [0.15, 0.2) is 194 Å². The molecule has 0 unspecified atom stereocenters. The minimum atomic E-state index is 0.685. The Hall–Kier alpha value is -7.27. The summed E-state index contributed by atoms with van der Waals surface area (Å²) >= 11 is 1.83. The molecule has 0 N–H and O–H groups in total. The van der Waals surface area contributed by atoms with Crippen LogP contribution in [0.3, 0.4) is 0 Å². The fourth-order valence-electron chi connectivity index (χ4n) is 8.34. The number of aryl methyl sites for hydroxylation is 1. The van der Waals surface area contributed by atoms with E-state index in [0.29, 0.717) is 5.82 Å². The maximum atomic E-state index is 5.39. The average molecular weight is 788 g/mol. The van der Waals surface area contributed by atoms with Crippen molar-refractivity contribution >= 4 is 59.3 Å². The summed E-state index contributed by atoms with van der Waals surface area (Å²) in [6, 6.07) is 64.2. The van der Waals surface area contributed by atoms with Gasteiger partial charge in [-0.05, 0) is 89.2 Å². The molecule has 0 bridgehead atoms. The van der Waals surface area contributed by atoms with Crippen LogP contribution in [0.5, 0.6) is 0 Å². The zero-order valence-corrected chi connectivity index (χ0v) is 34.6. The van der Waals surface area contributed by atoms with Gasteiger partial charge >= 0.3 is 0 Å². The van der Waals surface area contributed by atoms with Crippen molar-refractivity contribution in [2.24, 2.45) is 4.99 Å². The van der Waals surface area contributed by atoms with E-state index in [1.165, 1.54) is 47.6 Å². The van der Waals surface area contributed by atoms with Crippen molar-refractivity contribution in [2.45, 2.75) is 20.8 Å². The van der Waals surface area contributed by atoms with E-state index in [9.17, 15) is 0 Å². The van der Waals surface area contributed by atoms with Crippen LogP contribution in [0.2, 0.25) is 0 Å². The average Bonchev–Trinajstić information content (AvgIpc) is 3.68. The summed E-state index contributed by atoms with van der Waals surface area (Å²) < 4.78 is 2.54. The predicted octanol–water partition coefficient (Wildman–Crippen LogP) is 15.5. The first-order valence-electron chi connectivity index (χ1n) is 20.3. The van der Waals surface area contributed by atoms with Gasteiger partial charge in [0.1, 0.15) is 0 Å². The molecule has 8 aromatic carbocycles. The van der Waals surface area contributed by atoms with Gasteiger partial charge < -0.3 is 0 Å². The lowest BCUT2D eigenvalue weighted by Gasteiger charge is -2.17. The number of nitrogens with zero attached hydrogens (tertiary/aromatic N) is 3. The Morgan fingerprint density at radius 2 is 1.20 bits per heavy atom. The van der Waals surface area contributed by atoms with E-state index >= 15 is 0 Å². The second-order valence-electron chi connectivity index (χ2n) is 15.4. The molecule has 286 valence electrons. The summed E-state index contributed by atoms with van der Waals surface area (Å²) in [5, 5.41) is 4.93. The topological polar surface area (TPSA) is 38.1 Å². The first kappa shape index (κ1) is 37.0. The summed E-state index contributed by atoms with van der Waals surface area (Å²) in [7, 11) is 0. The zero-order valence-electron chi connectivity index (χ0n) is 33.8. The number of benzene rings is 8. The SMILES string of the molecule is C=C(c1ccc(-c2nc(-c3ccc4c(c3)sc3ccccc34)c(C)c(-c3c(C)ccc4ccccc34)n2)cc1)c1ccccc1N=C(C)c1cccc(-c2ccccc2)c1. The molecule has 10 aromatic rings. The van der Waals surface area contributed by atoms with Gasteiger partial charge in [-0.1, -0.05) is 164 Å². The van der Waals surface area contributed by atoms with Crippen LogP contribution in [0, 0.1) is 13.8 Å². The Bertz CT molecular complexity index is 3300. The number of rotatable bonds is 8. The quantitative estimate of drug-likeness (QED) is 0.144. The minimum absolute atomic E-state index is 0.685. The third-order valence-electron chi connectivity index (χ3n) is 11.6. The predicted molar refractivity (Wildman–Crippen MR) is 257 cm³/mol. The smallest absolute Gasteiger partial charge is 0.160 e. The van der Waals surface area contributed by atoms with Crippen molar-refractivity contribution < 1.29 is 0 Å². The molecule has 60 heavy (non-hydrogen) atoms. The number of para-hydroxylation sites is 1. The van der Waals surface area contributed by atoms with Crippen LogP contribution < -0.4 is 0 Å². The van der Waals surface area contributed by atoms with Gasteiger partial charge in [0.25, 0.3) is 0 Å². The van der Waals surface area contributed by atoms with E-state index in [2.05, 4.69) is 191 Å². The van der Waals surface area contributed by atoms with Crippen LogP contribution >= 0.6 is 11.3 Å². The summed E-state index contributed by atoms with van der Waals surface area (Å²) in [5.41, 5.74) is 15.5. The molecular weight excluding hydrogens is 747 g/mol. The molecule has 0 aliphatic rings. The summed E-state index contributed by atoms with van der Waals surface area (Å²) in [6.45, 7) is 11.0. The van der Waals surface area contributed by atoms with Crippen molar-refractivity contribution in [3.05, 3.63) is 216 Å². The second-order valence-corrected chi connectivity index (χ2v) is 16.5. The number of aliphatic imine (C=N–C) groups is 1. The van der Waals surface area contributed by atoms with E-state index in [1.54, 1.807) is 0 Å². The maximum Gasteiger partial charge on any atom is 0.160 e. The molecule has 0 aliphatic carbocycles. The normalized spacial score (nSPS) is 11.8. The van der Waals surface area contributed by atoms with Gasteiger partial charge in [0.05, 0.1) is 17.1 Å². The molecule has 10 rings (SSSR count). The Morgan fingerprint density at radius 1 is 0.517 bits per heavy atom. The first-order chi connectivity index (χ1) is 29.4. The Balaban J connectivity index is 1.04. The summed E-state index contributed by atoms with van der Waals surface area (Å²) in [5.74, 6) is 0.685.